The third-order valence-electron chi connectivity index (χ3n) is 1.99. The molecule has 0 spiro atoms. The van der Waals surface area contributed by atoms with Crippen molar-refractivity contribution < 1.29 is 9.90 Å². The van der Waals surface area contributed by atoms with Crippen LogP contribution >= 0.6 is 23.2 Å². The standard InChI is InChI=1S/C10H6Cl2N2O2/c11-6-1-2-7(12)9(3-6)14-4-8(10(15)16)13-5-14/h1-5H,(H,15,16). The molecule has 0 aliphatic rings. The van der Waals surface area contributed by atoms with E-state index in [1.165, 1.54) is 17.1 Å². The van der Waals surface area contributed by atoms with E-state index in [1.54, 1.807) is 18.2 Å². The van der Waals surface area contributed by atoms with Crippen molar-refractivity contribution in [1.29, 1.82) is 0 Å². The summed E-state index contributed by atoms with van der Waals surface area (Å²) in [6, 6.07) is 4.93. The lowest BCUT2D eigenvalue weighted by Gasteiger charge is -2.04. The minimum Gasteiger partial charge on any atom is -0.476 e. The van der Waals surface area contributed by atoms with E-state index in [1.807, 2.05) is 0 Å². The van der Waals surface area contributed by atoms with E-state index in [9.17, 15) is 4.79 Å². The average Bonchev–Trinajstić information content (AvgIpc) is 2.70. The minimum absolute atomic E-state index is 0.0453. The highest BCUT2D eigenvalue weighted by molar-refractivity contribution is 6.34. The molecule has 0 aliphatic carbocycles. The molecule has 82 valence electrons. The van der Waals surface area contributed by atoms with Crippen LogP contribution in [0, 0.1) is 0 Å². The lowest BCUT2D eigenvalue weighted by atomic mass is 10.3. The predicted octanol–water partition coefficient (Wildman–Crippen LogP) is 2.88. The molecule has 0 atom stereocenters. The Bertz CT molecular complexity index is 552. The second kappa shape index (κ2) is 4.15. The maximum Gasteiger partial charge on any atom is 0.356 e. The van der Waals surface area contributed by atoms with E-state index < -0.39 is 5.97 Å². The van der Waals surface area contributed by atoms with Crippen LogP contribution in [-0.4, -0.2) is 20.6 Å². The molecule has 16 heavy (non-hydrogen) atoms. The Kier molecular flexibility index (Phi) is 2.85. The van der Waals surface area contributed by atoms with Crippen LogP contribution in [0.4, 0.5) is 0 Å². The van der Waals surface area contributed by atoms with Crippen LogP contribution in [0.15, 0.2) is 30.7 Å². The normalized spacial score (nSPS) is 10.4. The quantitative estimate of drug-likeness (QED) is 0.899. The number of carboxylic acid groups (broad SMARTS) is 1. The highest BCUT2D eigenvalue weighted by atomic mass is 35.5. The summed E-state index contributed by atoms with van der Waals surface area (Å²) in [6.45, 7) is 0. The lowest BCUT2D eigenvalue weighted by Crippen LogP contribution is -1.96. The number of aromatic nitrogens is 2. The van der Waals surface area contributed by atoms with Crippen molar-refractivity contribution in [2.75, 3.05) is 0 Å². The van der Waals surface area contributed by atoms with Gasteiger partial charge in [0.2, 0.25) is 0 Å². The maximum atomic E-state index is 10.7. The monoisotopic (exact) mass is 256 g/mol. The Morgan fingerprint density at radius 1 is 1.38 bits per heavy atom. The largest absolute Gasteiger partial charge is 0.476 e. The van der Waals surface area contributed by atoms with Crippen molar-refractivity contribution in [3.05, 3.63) is 46.5 Å². The Labute approximate surface area is 101 Å². The van der Waals surface area contributed by atoms with Gasteiger partial charge in [-0.3, -0.25) is 0 Å². The van der Waals surface area contributed by atoms with Crippen LogP contribution < -0.4 is 0 Å². The van der Waals surface area contributed by atoms with Gasteiger partial charge in [0.1, 0.15) is 6.33 Å². The zero-order valence-electron chi connectivity index (χ0n) is 7.89. The summed E-state index contributed by atoms with van der Waals surface area (Å²) in [6.07, 6.45) is 2.75. The fourth-order valence-corrected chi connectivity index (χ4v) is 1.63. The maximum absolute atomic E-state index is 10.7. The second-order valence-corrected chi connectivity index (χ2v) is 3.91. The molecule has 0 aliphatic heterocycles. The van der Waals surface area contributed by atoms with Crippen molar-refractivity contribution in [1.82, 2.24) is 9.55 Å². The number of aromatic carboxylic acids is 1. The molecule has 0 amide bonds. The third kappa shape index (κ3) is 2.03. The first-order chi connectivity index (χ1) is 7.58. The predicted molar refractivity (Wildman–Crippen MR) is 60.5 cm³/mol. The van der Waals surface area contributed by atoms with Crippen LogP contribution in [0.25, 0.3) is 5.69 Å². The van der Waals surface area contributed by atoms with Crippen molar-refractivity contribution >= 4 is 29.2 Å². The van der Waals surface area contributed by atoms with Gasteiger partial charge >= 0.3 is 5.97 Å². The number of benzene rings is 1. The van der Waals surface area contributed by atoms with Gasteiger partial charge in [-0.1, -0.05) is 23.2 Å². The fraction of sp³-hybridized carbons (Fsp3) is 0. The number of hydrogen-bond donors (Lipinski definition) is 1. The summed E-state index contributed by atoms with van der Waals surface area (Å²) >= 11 is 11.8. The van der Waals surface area contributed by atoms with Gasteiger partial charge in [0.05, 0.1) is 10.7 Å². The third-order valence-corrected chi connectivity index (χ3v) is 2.54. The highest BCUT2D eigenvalue weighted by Gasteiger charge is 2.09. The Balaban J connectivity index is 2.50. The summed E-state index contributed by atoms with van der Waals surface area (Å²) in [5.74, 6) is -1.09. The molecule has 0 fully saturated rings. The molecule has 2 rings (SSSR count). The van der Waals surface area contributed by atoms with Gasteiger partial charge in [0.15, 0.2) is 5.69 Å². The molecule has 0 saturated heterocycles. The number of hydrogen-bond acceptors (Lipinski definition) is 2. The van der Waals surface area contributed by atoms with Crippen molar-refractivity contribution in [2.45, 2.75) is 0 Å². The van der Waals surface area contributed by atoms with Gasteiger partial charge < -0.3 is 9.67 Å². The van der Waals surface area contributed by atoms with E-state index in [0.29, 0.717) is 15.7 Å². The number of carbonyl (C=O) groups is 1. The SMILES string of the molecule is O=C(O)c1cn(-c2cc(Cl)ccc2Cl)cn1. The molecule has 2 aromatic rings. The smallest absolute Gasteiger partial charge is 0.356 e. The van der Waals surface area contributed by atoms with Gasteiger partial charge in [-0.2, -0.15) is 0 Å². The van der Waals surface area contributed by atoms with Crippen LogP contribution in [0.1, 0.15) is 10.5 Å². The Morgan fingerprint density at radius 2 is 2.12 bits per heavy atom. The zero-order valence-corrected chi connectivity index (χ0v) is 9.40. The molecule has 1 aromatic carbocycles. The molecule has 1 aromatic heterocycles. The van der Waals surface area contributed by atoms with E-state index in [4.69, 9.17) is 28.3 Å². The summed E-state index contributed by atoms with van der Waals surface area (Å²) in [7, 11) is 0. The molecule has 0 bridgehead atoms. The first kappa shape index (κ1) is 11.0. The second-order valence-electron chi connectivity index (χ2n) is 3.07. The average molecular weight is 257 g/mol. The highest BCUT2D eigenvalue weighted by Crippen LogP contribution is 2.24. The fourth-order valence-electron chi connectivity index (χ4n) is 1.25. The number of imidazole rings is 1. The van der Waals surface area contributed by atoms with Gasteiger partial charge in [-0.25, -0.2) is 9.78 Å². The topological polar surface area (TPSA) is 55.1 Å². The summed E-state index contributed by atoms with van der Waals surface area (Å²) < 4.78 is 1.51. The van der Waals surface area contributed by atoms with Gasteiger partial charge in [0, 0.05) is 11.2 Å². The number of nitrogens with zero attached hydrogens (tertiary/aromatic N) is 2. The Morgan fingerprint density at radius 3 is 2.75 bits per heavy atom. The first-order valence-corrected chi connectivity index (χ1v) is 5.06. The molecule has 0 unspecified atom stereocenters. The molecule has 0 saturated carbocycles. The first-order valence-electron chi connectivity index (χ1n) is 4.30. The van der Waals surface area contributed by atoms with Crippen molar-refractivity contribution in [3.63, 3.8) is 0 Å². The molecular formula is C10H6Cl2N2O2. The molecule has 6 heteroatoms. The minimum atomic E-state index is -1.09. The molecule has 0 radical (unpaired) electrons. The number of rotatable bonds is 2. The van der Waals surface area contributed by atoms with Crippen LogP contribution in [0.2, 0.25) is 10.0 Å². The summed E-state index contributed by atoms with van der Waals surface area (Å²) in [5.41, 5.74) is 0.546. The summed E-state index contributed by atoms with van der Waals surface area (Å²) in [5, 5.41) is 9.72. The van der Waals surface area contributed by atoms with Gasteiger partial charge in [0.25, 0.3) is 0 Å². The van der Waals surface area contributed by atoms with Gasteiger partial charge in [-0.05, 0) is 18.2 Å². The zero-order chi connectivity index (χ0) is 11.7. The van der Waals surface area contributed by atoms with Crippen molar-refractivity contribution in [3.8, 4) is 5.69 Å². The van der Waals surface area contributed by atoms with Crippen LogP contribution in [-0.2, 0) is 0 Å². The van der Waals surface area contributed by atoms with Crippen LogP contribution in [0.5, 0.6) is 0 Å². The van der Waals surface area contributed by atoms with E-state index in [-0.39, 0.29) is 5.69 Å². The van der Waals surface area contributed by atoms with Crippen molar-refractivity contribution in [2.24, 2.45) is 0 Å². The molecule has 1 N–H and O–H groups in total. The summed E-state index contributed by atoms with van der Waals surface area (Å²) in [4.78, 5) is 14.4. The van der Waals surface area contributed by atoms with E-state index in [2.05, 4.69) is 4.98 Å². The lowest BCUT2D eigenvalue weighted by molar-refractivity contribution is 0.0691. The number of halogens is 2. The van der Waals surface area contributed by atoms with E-state index >= 15 is 0 Å². The number of carboxylic acids is 1. The Hall–Kier alpha value is -1.52. The molecule has 1 heterocycles. The van der Waals surface area contributed by atoms with Gasteiger partial charge in [-0.15, -0.1) is 0 Å². The molecular weight excluding hydrogens is 251 g/mol. The van der Waals surface area contributed by atoms with E-state index in [0.717, 1.165) is 0 Å². The van der Waals surface area contributed by atoms with Crippen LogP contribution in [0.3, 0.4) is 0 Å². The molecule has 4 nitrogen and oxygen atoms in total.